The molecule has 1 saturated heterocycles. The van der Waals surface area contributed by atoms with Gasteiger partial charge >= 0.3 is 5.97 Å². The first kappa shape index (κ1) is 10.5. The molecule has 0 aromatic heterocycles. The molecule has 0 aliphatic carbocycles. The van der Waals surface area contributed by atoms with Crippen molar-refractivity contribution in [1.29, 1.82) is 0 Å². The van der Waals surface area contributed by atoms with Crippen LogP contribution in [0, 0.1) is 0 Å². The van der Waals surface area contributed by atoms with Crippen molar-refractivity contribution in [3.8, 4) is 0 Å². The molecule has 1 unspecified atom stereocenters. The molecule has 1 aliphatic heterocycles. The van der Waals surface area contributed by atoms with Crippen molar-refractivity contribution < 1.29 is 9.90 Å². The van der Waals surface area contributed by atoms with E-state index in [4.69, 9.17) is 5.11 Å². The Hall–Kier alpha value is -0.610. The lowest BCUT2D eigenvalue weighted by molar-refractivity contribution is -0.139. The van der Waals surface area contributed by atoms with Gasteiger partial charge in [-0.3, -0.25) is 4.79 Å². The lowest BCUT2D eigenvalue weighted by Crippen LogP contribution is -2.38. The van der Waals surface area contributed by atoms with Gasteiger partial charge in [0.05, 0.1) is 0 Å². The molecule has 0 aromatic carbocycles. The summed E-state index contributed by atoms with van der Waals surface area (Å²) >= 11 is 0. The van der Waals surface area contributed by atoms with E-state index in [0.717, 1.165) is 13.1 Å². The third-order valence-electron chi connectivity index (χ3n) is 2.45. The van der Waals surface area contributed by atoms with E-state index in [9.17, 15) is 4.79 Å². The van der Waals surface area contributed by atoms with Gasteiger partial charge in [0.25, 0.3) is 0 Å². The summed E-state index contributed by atoms with van der Waals surface area (Å²) in [5, 5.41) is 11.6. The molecule has 0 aromatic rings. The Morgan fingerprint density at radius 1 is 1.54 bits per heavy atom. The maximum Gasteiger partial charge on any atom is 0.320 e. The van der Waals surface area contributed by atoms with Gasteiger partial charge in [-0.25, -0.2) is 0 Å². The number of rotatable bonds is 5. The van der Waals surface area contributed by atoms with E-state index in [1.54, 1.807) is 6.92 Å². The number of hydrogen-bond donors (Lipinski definition) is 2. The van der Waals surface area contributed by atoms with Gasteiger partial charge in [0.15, 0.2) is 0 Å². The zero-order valence-corrected chi connectivity index (χ0v) is 8.12. The summed E-state index contributed by atoms with van der Waals surface area (Å²) in [5.41, 5.74) is 0. The molecule has 1 rings (SSSR count). The largest absolute Gasteiger partial charge is 0.480 e. The van der Waals surface area contributed by atoms with Gasteiger partial charge in [0.1, 0.15) is 6.04 Å². The molecule has 4 heteroatoms. The van der Waals surface area contributed by atoms with Crippen LogP contribution in [0.2, 0.25) is 0 Å². The van der Waals surface area contributed by atoms with E-state index in [1.807, 2.05) is 0 Å². The second-order valence-electron chi connectivity index (χ2n) is 3.56. The van der Waals surface area contributed by atoms with Gasteiger partial charge in [-0.2, -0.15) is 0 Å². The van der Waals surface area contributed by atoms with Crippen LogP contribution >= 0.6 is 0 Å². The average Bonchev–Trinajstić information content (AvgIpc) is 2.56. The van der Waals surface area contributed by atoms with Crippen molar-refractivity contribution in [1.82, 2.24) is 10.2 Å². The third kappa shape index (κ3) is 3.74. The predicted octanol–water partition coefficient (Wildman–Crippen LogP) is 0.145. The van der Waals surface area contributed by atoms with E-state index in [1.165, 1.54) is 25.9 Å². The minimum atomic E-state index is -0.776. The van der Waals surface area contributed by atoms with Crippen molar-refractivity contribution in [3.05, 3.63) is 0 Å². The second kappa shape index (κ2) is 5.19. The molecule has 0 radical (unpaired) electrons. The smallest absolute Gasteiger partial charge is 0.320 e. The Morgan fingerprint density at radius 2 is 2.15 bits per heavy atom. The van der Waals surface area contributed by atoms with E-state index < -0.39 is 12.0 Å². The van der Waals surface area contributed by atoms with Crippen LogP contribution in [0.5, 0.6) is 0 Å². The molecule has 0 saturated carbocycles. The summed E-state index contributed by atoms with van der Waals surface area (Å²) < 4.78 is 0. The van der Waals surface area contributed by atoms with E-state index in [2.05, 4.69) is 10.2 Å². The number of carboxylic acids is 1. The first-order valence-electron chi connectivity index (χ1n) is 4.88. The molecule has 0 amide bonds. The van der Waals surface area contributed by atoms with Gasteiger partial charge in [-0.15, -0.1) is 0 Å². The zero-order chi connectivity index (χ0) is 9.68. The maximum absolute atomic E-state index is 10.5. The molecule has 0 bridgehead atoms. The fourth-order valence-corrected chi connectivity index (χ4v) is 1.53. The molecular weight excluding hydrogens is 168 g/mol. The molecule has 2 N–H and O–H groups in total. The van der Waals surface area contributed by atoms with Crippen LogP contribution in [-0.4, -0.2) is 48.2 Å². The molecule has 1 atom stereocenters. The molecule has 76 valence electrons. The van der Waals surface area contributed by atoms with E-state index in [-0.39, 0.29) is 0 Å². The first-order chi connectivity index (χ1) is 6.20. The zero-order valence-electron chi connectivity index (χ0n) is 8.12. The lowest BCUT2D eigenvalue weighted by Gasteiger charge is -2.16. The molecule has 1 fully saturated rings. The Balaban J connectivity index is 2.02. The molecule has 4 nitrogen and oxygen atoms in total. The standard InChI is InChI=1S/C9H18N2O2/c1-8(9(12)13)10-4-7-11-5-2-3-6-11/h8,10H,2-7H2,1H3,(H,12,13). The molecule has 1 aliphatic rings. The van der Waals surface area contributed by atoms with Crippen LogP contribution in [0.25, 0.3) is 0 Å². The lowest BCUT2D eigenvalue weighted by atomic mass is 10.3. The number of likely N-dealkylation sites (tertiary alicyclic amines) is 1. The van der Waals surface area contributed by atoms with Crippen molar-refractivity contribution in [2.45, 2.75) is 25.8 Å². The number of aliphatic carboxylic acids is 1. The Morgan fingerprint density at radius 3 is 2.69 bits per heavy atom. The van der Waals surface area contributed by atoms with E-state index in [0.29, 0.717) is 0 Å². The van der Waals surface area contributed by atoms with Crippen molar-refractivity contribution in [3.63, 3.8) is 0 Å². The summed E-state index contributed by atoms with van der Waals surface area (Å²) in [5.74, 6) is -0.776. The summed E-state index contributed by atoms with van der Waals surface area (Å²) in [6.45, 7) is 5.75. The van der Waals surface area contributed by atoms with Crippen molar-refractivity contribution in [2.75, 3.05) is 26.2 Å². The third-order valence-corrected chi connectivity index (χ3v) is 2.45. The van der Waals surface area contributed by atoms with Gasteiger partial charge in [0, 0.05) is 13.1 Å². The number of nitrogens with zero attached hydrogens (tertiary/aromatic N) is 1. The summed E-state index contributed by atoms with van der Waals surface area (Å²) in [7, 11) is 0. The van der Waals surface area contributed by atoms with Crippen LogP contribution in [-0.2, 0) is 4.79 Å². The van der Waals surface area contributed by atoms with Crippen LogP contribution in [0.3, 0.4) is 0 Å². The summed E-state index contributed by atoms with van der Waals surface area (Å²) in [6.07, 6.45) is 2.57. The molecule has 1 heterocycles. The maximum atomic E-state index is 10.5. The van der Waals surface area contributed by atoms with Crippen molar-refractivity contribution >= 4 is 5.97 Å². The van der Waals surface area contributed by atoms with Crippen LogP contribution in [0.1, 0.15) is 19.8 Å². The number of carboxylic acid groups (broad SMARTS) is 1. The van der Waals surface area contributed by atoms with E-state index >= 15 is 0 Å². The normalized spacial score (nSPS) is 20.4. The fraction of sp³-hybridized carbons (Fsp3) is 0.889. The molecular formula is C9H18N2O2. The van der Waals surface area contributed by atoms with Gasteiger partial charge in [-0.05, 0) is 32.9 Å². The highest BCUT2D eigenvalue weighted by Crippen LogP contribution is 2.05. The van der Waals surface area contributed by atoms with Crippen LogP contribution in [0.4, 0.5) is 0 Å². The SMILES string of the molecule is CC(NCCN1CCCC1)C(=O)O. The quantitative estimate of drug-likeness (QED) is 0.641. The van der Waals surface area contributed by atoms with Crippen molar-refractivity contribution in [2.24, 2.45) is 0 Å². The second-order valence-corrected chi connectivity index (χ2v) is 3.56. The average molecular weight is 186 g/mol. The highest BCUT2D eigenvalue weighted by Gasteiger charge is 2.12. The van der Waals surface area contributed by atoms with Gasteiger partial charge < -0.3 is 15.3 Å². The highest BCUT2D eigenvalue weighted by atomic mass is 16.4. The fourth-order valence-electron chi connectivity index (χ4n) is 1.53. The minimum absolute atomic E-state index is 0.428. The molecule has 13 heavy (non-hydrogen) atoms. The molecule has 0 spiro atoms. The topological polar surface area (TPSA) is 52.6 Å². The Kier molecular flexibility index (Phi) is 4.18. The van der Waals surface area contributed by atoms with Gasteiger partial charge in [0.2, 0.25) is 0 Å². The minimum Gasteiger partial charge on any atom is -0.480 e. The number of nitrogens with one attached hydrogen (secondary N) is 1. The predicted molar refractivity (Wildman–Crippen MR) is 50.8 cm³/mol. The van der Waals surface area contributed by atoms with Crippen LogP contribution in [0.15, 0.2) is 0 Å². The first-order valence-corrected chi connectivity index (χ1v) is 4.88. The van der Waals surface area contributed by atoms with Crippen LogP contribution < -0.4 is 5.32 Å². The highest BCUT2D eigenvalue weighted by molar-refractivity contribution is 5.72. The Bertz CT molecular complexity index is 167. The Labute approximate surface area is 78.9 Å². The number of hydrogen-bond acceptors (Lipinski definition) is 3. The summed E-state index contributed by atoms with van der Waals surface area (Å²) in [4.78, 5) is 12.8. The summed E-state index contributed by atoms with van der Waals surface area (Å²) in [6, 6.07) is -0.428. The van der Waals surface area contributed by atoms with Gasteiger partial charge in [-0.1, -0.05) is 0 Å². The number of carbonyl (C=O) groups is 1. The monoisotopic (exact) mass is 186 g/mol.